The van der Waals surface area contributed by atoms with Gasteiger partial charge in [-0.3, -0.25) is 0 Å². The van der Waals surface area contributed by atoms with Gasteiger partial charge in [0.15, 0.2) is 11.6 Å². The summed E-state index contributed by atoms with van der Waals surface area (Å²) in [6, 6.07) is 3.62. The van der Waals surface area contributed by atoms with E-state index >= 15 is 0 Å². The SMILES string of the molecule is CSC(CO)C(C)NC(C)COc1ccc(F)c(F)c1. The molecule has 2 N–H and O–H groups in total. The molecule has 0 radical (unpaired) electrons. The van der Waals surface area contributed by atoms with E-state index in [-0.39, 0.29) is 23.9 Å². The summed E-state index contributed by atoms with van der Waals surface area (Å²) >= 11 is 1.59. The number of halogens is 2. The quantitative estimate of drug-likeness (QED) is 0.774. The van der Waals surface area contributed by atoms with Gasteiger partial charge in [-0.15, -0.1) is 0 Å². The van der Waals surface area contributed by atoms with Crippen LogP contribution in [0.1, 0.15) is 13.8 Å². The number of ether oxygens (including phenoxy) is 1. The number of hydrogen-bond acceptors (Lipinski definition) is 4. The van der Waals surface area contributed by atoms with Gasteiger partial charge in [-0.2, -0.15) is 11.8 Å². The molecule has 3 atom stereocenters. The van der Waals surface area contributed by atoms with Gasteiger partial charge in [-0.1, -0.05) is 0 Å². The highest BCUT2D eigenvalue weighted by Gasteiger charge is 2.17. The molecular weight excluding hydrogens is 284 g/mol. The smallest absolute Gasteiger partial charge is 0.162 e. The van der Waals surface area contributed by atoms with Crippen molar-refractivity contribution >= 4 is 11.8 Å². The highest BCUT2D eigenvalue weighted by atomic mass is 32.2. The predicted molar refractivity (Wildman–Crippen MR) is 78.3 cm³/mol. The van der Waals surface area contributed by atoms with Crippen LogP contribution < -0.4 is 10.1 Å². The summed E-state index contributed by atoms with van der Waals surface area (Å²) in [5.41, 5.74) is 0. The third-order valence-electron chi connectivity index (χ3n) is 2.98. The van der Waals surface area contributed by atoms with Crippen LogP contribution in [0.2, 0.25) is 0 Å². The lowest BCUT2D eigenvalue weighted by molar-refractivity contribution is 0.240. The van der Waals surface area contributed by atoms with E-state index in [0.717, 1.165) is 12.1 Å². The molecular formula is C14H21F2NO2S. The molecule has 0 heterocycles. The van der Waals surface area contributed by atoms with Crippen LogP contribution in [0.25, 0.3) is 0 Å². The van der Waals surface area contributed by atoms with E-state index in [0.29, 0.717) is 12.4 Å². The third-order valence-corrected chi connectivity index (χ3v) is 4.14. The normalized spacial score (nSPS) is 15.7. The monoisotopic (exact) mass is 305 g/mol. The number of aliphatic hydroxyl groups is 1. The van der Waals surface area contributed by atoms with Crippen LogP contribution in [-0.4, -0.2) is 41.9 Å². The minimum Gasteiger partial charge on any atom is -0.492 e. The molecule has 6 heteroatoms. The van der Waals surface area contributed by atoms with Gasteiger partial charge < -0.3 is 15.2 Å². The van der Waals surface area contributed by atoms with Crippen molar-refractivity contribution in [3.8, 4) is 5.75 Å². The van der Waals surface area contributed by atoms with E-state index in [1.54, 1.807) is 11.8 Å². The summed E-state index contributed by atoms with van der Waals surface area (Å²) in [6.07, 6.45) is 1.95. The fraction of sp³-hybridized carbons (Fsp3) is 0.571. The van der Waals surface area contributed by atoms with Crippen LogP contribution in [0.15, 0.2) is 18.2 Å². The van der Waals surface area contributed by atoms with Gasteiger partial charge in [0.1, 0.15) is 12.4 Å². The van der Waals surface area contributed by atoms with Crippen LogP contribution in [-0.2, 0) is 0 Å². The molecule has 0 fully saturated rings. The first-order valence-corrected chi connectivity index (χ1v) is 7.74. The van der Waals surface area contributed by atoms with E-state index < -0.39 is 11.6 Å². The van der Waals surface area contributed by atoms with Gasteiger partial charge in [-0.25, -0.2) is 8.78 Å². The highest BCUT2D eigenvalue weighted by molar-refractivity contribution is 7.99. The van der Waals surface area contributed by atoms with Gasteiger partial charge >= 0.3 is 0 Å². The van der Waals surface area contributed by atoms with Crippen LogP contribution in [0.3, 0.4) is 0 Å². The minimum absolute atomic E-state index is 0.0271. The van der Waals surface area contributed by atoms with E-state index in [4.69, 9.17) is 4.74 Å². The molecule has 0 bridgehead atoms. The van der Waals surface area contributed by atoms with Crippen molar-refractivity contribution in [2.24, 2.45) is 0 Å². The summed E-state index contributed by atoms with van der Waals surface area (Å²) < 4.78 is 31.2. The summed E-state index contributed by atoms with van der Waals surface area (Å²) in [4.78, 5) is 0. The zero-order valence-electron chi connectivity index (χ0n) is 11.9. The van der Waals surface area contributed by atoms with Gasteiger partial charge in [0, 0.05) is 23.4 Å². The first-order valence-electron chi connectivity index (χ1n) is 6.45. The molecule has 1 rings (SSSR count). The summed E-state index contributed by atoms with van der Waals surface area (Å²) in [5.74, 6) is -1.50. The molecule has 0 saturated heterocycles. The van der Waals surface area contributed by atoms with Gasteiger partial charge in [0.05, 0.1) is 6.61 Å². The van der Waals surface area contributed by atoms with Crippen molar-refractivity contribution < 1.29 is 18.6 Å². The molecule has 3 unspecified atom stereocenters. The number of aliphatic hydroxyl groups excluding tert-OH is 1. The second-order valence-corrected chi connectivity index (χ2v) is 5.78. The molecule has 0 amide bonds. The summed E-state index contributed by atoms with van der Waals surface area (Å²) in [7, 11) is 0. The molecule has 0 saturated carbocycles. The minimum atomic E-state index is -0.917. The molecule has 114 valence electrons. The number of nitrogens with one attached hydrogen (secondary N) is 1. The lowest BCUT2D eigenvalue weighted by atomic mass is 10.2. The Bertz CT molecular complexity index is 416. The van der Waals surface area contributed by atoms with Crippen molar-refractivity contribution in [1.29, 1.82) is 0 Å². The molecule has 0 aliphatic heterocycles. The Balaban J connectivity index is 2.42. The van der Waals surface area contributed by atoms with Crippen LogP contribution in [0.4, 0.5) is 8.78 Å². The molecule has 0 aliphatic rings. The Kier molecular flexibility index (Phi) is 7.26. The second kappa shape index (κ2) is 8.44. The van der Waals surface area contributed by atoms with Crippen molar-refractivity contribution in [3.05, 3.63) is 29.8 Å². The zero-order chi connectivity index (χ0) is 15.1. The van der Waals surface area contributed by atoms with Crippen molar-refractivity contribution in [2.75, 3.05) is 19.5 Å². The maximum atomic E-state index is 13.0. The molecule has 20 heavy (non-hydrogen) atoms. The maximum absolute atomic E-state index is 13.0. The van der Waals surface area contributed by atoms with E-state index in [2.05, 4.69) is 5.32 Å². The predicted octanol–water partition coefficient (Wildman–Crippen LogP) is 2.43. The van der Waals surface area contributed by atoms with E-state index in [1.165, 1.54) is 6.07 Å². The molecule has 3 nitrogen and oxygen atoms in total. The Morgan fingerprint density at radius 3 is 2.55 bits per heavy atom. The molecule has 1 aromatic carbocycles. The average molecular weight is 305 g/mol. The van der Waals surface area contributed by atoms with Crippen LogP contribution >= 0.6 is 11.8 Å². The van der Waals surface area contributed by atoms with Crippen molar-refractivity contribution in [3.63, 3.8) is 0 Å². The van der Waals surface area contributed by atoms with Gasteiger partial charge in [-0.05, 0) is 32.2 Å². The Labute approximate surface area is 122 Å². The fourth-order valence-corrected chi connectivity index (χ4v) is 2.46. The van der Waals surface area contributed by atoms with E-state index in [1.807, 2.05) is 20.1 Å². The summed E-state index contributed by atoms with van der Waals surface area (Å²) in [6.45, 7) is 4.37. The Morgan fingerprint density at radius 1 is 1.30 bits per heavy atom. The average Bonchev–Trinajstić information content (AvgIpc) is 2.41. The fourth-order valence-electron chi connectivity index (χ4n) is 1.83. The summed E-state index contributed by atoms with van der Waals surface area (Å²) in [5, 5.41) is 12.6. The molecule has 0 aromatic heterocycles. The Morgan fingerprint density at radius 2 is 2.00 bits per heavy atom. The third kappa shape index (κ3) is 5.26. The molecule has 0 spiro atoms. The number of hydrogen-bond donors (Lipinski definition) is 2. The second-order valence-electron chi connectivity index (χ2n) is 4.70. The largest absolute Gasteiger partial charge is 0.492 e. The molecule has 0 aliphatic carbocycles. The first kappa shape index (κ1) is 17.2. The number of thioether (sulfide) groups is 1. The lowest BCUT2D eigenvalue weighted by Gasteiger charge is -2.25. The standard InChI is InChI=1S/C14H21F2NO2S/c1-9(17-10(2)14(7-18)20-3)8-19-11-4-5-12(15)13(16)6-11/h4-6,9-10,14,17-18H,7-8H2,1-3H3. The van der Waals surface area contributed by atoms with Crippen LogP contribution in [0.5, 0.6) is 5.75 Å². The number of rotatable bonds is 8. The zero-order valence-corrected chi connectivity index (χ0v) is 12.7. The van der Waals surface area contributed by atoms with Crippen molar-refractivity contribution in [2.45, 2.75) is 31.2 Å². The van der Waals surface area contributed by atoms with Gasteiger partial charge in [0.2, 0.25) is 0 Å². The van der Waals surface area contributed by atoms with Crippen molar-refractivity contribution in [1.82, 2.24) is 5.32 Å². The lowest BCUT2D eigenvalue weighted by Crippen LogP contribution is -2.44. The topological polar surface area (TPSA) is 41.5 Å². The van der Waals surface area contributed by atoms with E-state index in [9.17, 15) is 13.9 Å². The highest BCUT2D eigenvalue weighted by Crippen LogP contribution is 2.16. The van der Waals surface area contributed by atoms with Gasteiger partial charge in [0.25, 0.3) is 0 Å². The molecule has 1 aromatic rings. The number of benzene rings is 1. The first-order chi connectivity index (χ1) is 9.47. The van der Waals surface area contributed by atoms with Crippen LogP contribution in [0, 0.1) is 11.6 Å². The Hall–Kier alpha value is -0.850. The maximum Gasteiger partial charge on any atom is 0.162 e.